The molecule has 128 valence electrons. The number of benzene rings is 1. The molecule has 0 bridgehead atoms. The summed E-state index contributed by atoms with van der Waals surface area (Å²) in [6, 6.07) is 7.41. The second kappa shape index (κ2) is 6.63. The Morgan fingerprint density at radius 3 is 2.62 bits per heavy atom. The predicted molar refractivity (Wildman–Crippen MR) is 87.2 cm³/mol. The minimum atomic E-state index is -1.05. The van der Waals surface area contributed by atoms with Gasteiger partial charge in [0.25, 0.3) is 0 Å². The summed E-state index contributed by atoms with van der Waals surface area (Å²) in [6.07, 6.45) is 2.27. The summed E-state index contributed by atoms with van der Waals surface area (Å²) in [7, 11) is 0. The number of fused-ring (bicyclic) bond motifs is 1. The first-order valence-corrected chi connectivity index (χ1v) is 8.40. The van der Waals surface area contributed by atoms with Crippen molar-refractivity contribution in [2.45, 2.75) is 50.7 Å². The maximum Gasteiger partial charge on any atom is 0.326 e. The zero-order valence-electron chi connectivity index (χ0n) is 13.7. The quantitative estimate of drug-likeness (QED) is 0.882. The van der Waals surface area contributed by atoms with Crippen molar-refractivity contribution in [1.82, 2.24) is 9.80 Å². The predicted octanol–water partition coefficient (Wildman–Crippen LogP) is 1.29. The van der Waals surface area contributed by atoms with Gasteiger partial charge in [0.2, 0.25) is 11.8 Å². The van der Waals surface area contributed by atoms with Crippen molar-refractivity contribution in [3.05, 3.63) is 35.9 Å². The maximum atomic E-state index is 12.8. The summed E-state index contributed by atoms with van der Waals surface area (Å²) < 4.78 is 0. The third kappa shape index (κ3) is 2.88. The molecule has 1 aromatic carbocycles. The second-order valence-electron chi connectivity index (χ2n) is 6.49. The molecule has 3 rings (SSSR count). The Balaban J connectivity index is 1.80. The second-order valence-corrected chi connectivity index (χ2v) is 6.49. The fourth-order valence-electron chi connectivity index (χ4n) is 3.76. The van der Waals surface area contributed by atoms with Gasteiger partial charge >= 0.3 is 5.97 Å². The van der Waals surface area contributed by atoms with Gasteiger partial charge in [0.1, 0.15) is 18.1 Å². The average molecular weight is 330 g/mol. The van der Waals surface area contributed by atoms with Crippen LogP contribution >= 0.6 is 0 Å². The monoisotopic (exact) mass is 330 g/mol. The van der Waals surface area contributed by atoms with Crippen molar-refractivity contribution in [2.24, 2.45) is 0 Å². The number of aryl methyl sites for hydroxylation is 1. The molecule has 2 fully saturated rings. The van der Waals surface area contributed by atoms with Crippen LogP contribution in [0, 0.1) is 0 Å². The molecule has 2 aliphatic heterocycles. The molecule has 2 heterocycles. The van der Waals surface area contributed by atoms with Gasteiger partial charge in [-0.05, 0) is 38.2 Å². The van der Waals surface area contributed by atoms with Crippen LogP contribution in [0.25, 0.3) is 0 Å². The molecule has 0 saturated carbocycles. The molecule has 1 N–H and O–H groups in total. The molecule has 0 aromatic heterocycles. The van der Waals surface area contributed by atoms with Gasteiger partial charge in [-0.2, -0.15) is 0 Å². The number of carboxylic acid groups (broad SMARTS) is 1. The third-order valence-electron chi connectivity index (χ3n) is 5.02. The number of hydrogen-bond acceptors (Lipinski definition) is 3. The molecule has 0 radical (unpaired) electrons. The molecule has 2 amide bonds. The topological polar surface area (TPSA) is 77.9 Å². The van der Waals surface area contributed by atoms with E-state index in [0.29, 0.717) is 25.8 Å². The molecular weight excluding hydrogens is 308 g/mol. The van der Waals surface area contributed by atoms with Gasteiger partial charge in [-0.3, -0.25) is 9.59 Å². The summed E-state index contributed by atoms with van der Waals surface area (Å²) in [5, 5.41) is 9.65. The van der Waals surface area contributed by atoms with Gasteiger partial charge in [0.15, 0.2) is 0 Å². The lowest BCUT2D eigenvalue weighted by Gasteiger charge is -2.43. The number of aliphatic carboxylic acids is 1. The highest BCUT2D eigenvalue weighted by Crippen LogP contribution is 2.29. The van der Waals surface area contributed by atoms with Gasteiger partial charge in [-0.25, -0.2) is 4.79 Å². The molecule has 0 aliphatic carbocycles. The molecule has 0 unspecified atom stereocenters. The van der Waals surface area contributed by atoms with Crippen molar-refractivity contribution in [3.63, 3.8) is 0 Å². The smallest absolute Gasteiger partial charge is 0.326 e. The Hall–Kier alpha value is -2.37. The van der Waals surface area contributed by atoms with Crippen LogP contribution in [0.4, 0.5) is 0 Å². The van der Waals surface area contributed by atoms with Crippen molar-refractivity contribution in [3.8, 4) is 0 Å². The maximum absolute atomic E-state index is 12.8. The van der Waals surface area contributed by atoms with Crippen molar-refractivity contribution in [2.75, 3.05) is 6.54 Å². The van der Waals surface area contributed by atoms with E-state index in [2.05, 4.69) is 0 Å². The number of piperazine rings is 1. The lowest BCUT2D eigenvalue weighted by molar-refractivity contribution is -0.166. The van der Waals surface area contributed by atoms with Crippen LogP contribution < -0.4 is 0 Å². The molecule has 24 heavy (non-hydrogen) atoms. The van der Waals surface area contributed by atoms with E-state index < -0.39 is 24.1 Å². The molecule has 3 atom stereocenters. The Morgan fingerprint density at radius 1 is 1.25 bits per heavy atom. The Kier molecular flexibility index (Phi) is 4.55. The molecule has 2 aliphatic rings. The Labute approximate surface area is 141 Å². The third-order valence-corrected chi connectivity index (χ3v) is 5.02. The van der Waals surface area contributed by atoms with Gasteiger partial charge in [0, 0.05) is 6.54 Å². The molecular formula is C18H22N2O4. The molecule has 0 spiro atoms. The zero-order valence-corrected chi connectivity index (χ0v) is 13.7. The first kappa shape index (κ1) is 16.5. The zero-order chi connectivity index (χ0) is 17.3. The van der Waals surface area contributed by atoms with Gasteiger partial charge in [-0.15, -0.1) is 0 Å². The minimum absolute atomic E-state index is 0.136. The van der Waals surface area contributed by atoms with Crippen LogP contribution in [-0.2, 0) is 20.8 Å². The standard InChI is InChI=1S/C18H22N2O4/c1-12-16(21)19-11-5-8-14(19)17(22)20(12)15(18(23)24)10-9-13-6-3-2-4-7-13/h2-4,6-7,12,14-15H,5,8-11H2,1H3,(H,23,24)/t12-,14-,15-/m0/s1. The number of carbonyl (C=O) groups is 3. The van der Waals surface area contributed by atoms with E-state index in [0.717, 1.165) is 12.0 Å². The number of hydrogen-bond donors (Lipinski definition) is 1. The van der Waals surface area contributed by atoms with E-state index in [9.17, 15) is 19.5 Å². The molecule has 2 saturated heterocycles. The van der Waals surface area contributed by atoms with E-state index in [1.165, 1.54) is 4.90 Å². The van der Waals surface area contributed by atoms with Crippen molar-refractivity contribution >= 4 is 17.8 Å². The molecule has 6 heteroatoms. The van der Waals surface area contributed by atoms with Crippen LogP contribution in [0.2, 0.25) is 0 Å². The number of carboxylic acids is 1. The first-order chi connectivity index (χ1) is 11.5. The highest BCUT2D eigenvalue weighted by molar-refractivity contribution is 5.99. The average Bonchev–Trinajstić information content (AvgIpc) is 3.06. The lowest BCUT2D eigenvalue weighted by atomic mass is 9.98. The van der Waals surface area contributed by atoms with Crippen LogP contribution in [0.1, 0.15) is 31.7 Å². The van der Waals surface area contributed by atoms with E-state index in [1.54, 1.807) is 11.8 Å². The van der Waals surface area contributed by atoms with Crippen LogP contribution in [-0.4, -0.2) is 57.4 Å². The van der Waals surface area contributed by atoms with E-state index >= 15 is 0 Å². The highest BCUT2D eigenvalue weighted by Gasteiger charge is 2.49. The Morgan fingerprint density at radius 2 is 1.96 bits per heavy atom. The van der Waals surface area contributed by atoms with E-state index in [1.807, 2.05) is 30.3 Å². The van der Waals surface area contributed by atoms with Gasteiger partial charge in [0.05, 0.1) is 0 Å². The molecule has 1 aromatic rings. The summed E-state index contributed by atoms with van der Waals surface area (Å²) in [5.41, 5.74) is 1.02. The van der Waals surface area contributed by atoms with Gasteiger partial charge in [-0.1, -0.05) is 30.3 Å². The largest absolute Gasteiger partial charge is 0.480 e. The summed E-state index contributed by atoms with van der Waals surface area (Å²) in [5.74, 6) is -1.41. The number of carbonyl (C=O) groups excluding carboxylic acids is 2. The Bertz CT molecular complexity index is 646. The fraction of sp³-hybridized carbons (Fsp3) is 0.500. The normalized spacial score (nSPS) is 24.9. The SMILES string of the molecule is C[C@H]1C(=O)N2CCC[C@H]2C(=O)N1[C@@H](CCc1ccccc1)C(=O)O. The van der Waals surface area contributed by atoms with Crippen LogP contribution in [0.15, 0.2) is 30.3 Å². The summed E-state index contributed by atoms with van der Waals surface area (Å²) in [6.45, 7) is 2.22. The van der Waals surface area contributed by atoms with E-state index in [4.69, 9.17) is 0 Å². The van der Waals surface area contributed by atoms with Crippen molar-refractivity contribution in [1.29, 1.82) is 0 Å². The van der Waals surface area contributed by atoms with Crippen LogP contribution in [0.3, 0.4) is 0 Å². The fourth-order valence-corrected chi connectivity index (χ4v) is 3.76. The lowest BCUT2D eigenvalue weighted by Crippen LogP contribution is -2.65. The van der Waals surface area contributed by atoms with Crippen LogP contribution in [0.5, 0.6) is 0 Å². The number of rotatable bonds is 5. The summed E-state index contributed by atoms with van der Waals surface area (Å²) in [4.78, 5) is 40.0. The summed E-state index contributed by atoms with van der Waals surface area (Å²) >= 11 is 0. The number of amides is 2. The highest BCUT2D eigenvalue weighted by atomic mass is 16.4. The van der Waals surface area contributed by atoms with Gasteiger partial charge < -0.3 is 14.9 Å². The van der Waals surface area contributed by atoms with E-state index in [-0.39, 0.29) is 11.8 Å². The minimum Gasteiger partial charge on any atom is -0.480 e. The van der Waals surface area contributed by atoms with Crippen molar-refractivity contribution < 1.29 is 19.5 Å². The number of nitrogens with zero attached hydrogens (tertiary/aromatic N) is 2. The first-order valence-electron chi connectivity index (χ1n) is 8.40. The molecule has 6 nitrogen and oxygen atoms in total.